The summed E-state index contributed by atoms with van der Waals surface area (Å²) in [6, 6.07) is 7.04. The highest BCUT2D eigenvalue weighted by atomic mass is 32.1. The maximum atomic E-state index is 13.3. The molecule has 94 valence electrons. The van der Waals surface area contributed by atoms with Crippen molar-refractivity contribution in [3.8, 4) is 0 Å². The van der Waals surface area contributed by atoms with Crippen molar-refractivity contribution in [1.29, 1.82) is 0 Å². The molecule has 2 rings (SSSR count). The monoisotopic (exact) mass is 267 g/mol. The van der Waals surface area contributed by atoms with E-state index in [1.807, 2.05) is 17.5 Å². The van der Waals surface area contributed by atoms with E-state index in [1.54, 1.807) is 0 Å². The molecule has 0 saturated carbocycles. The van der Waals surface area contributed by atoms with E-state index in [2.05, 4.69) is 5.32 Å². The van der Waals surface area contributed by atoms with Crippen molar-refractivity contribution in [2.45, 2.75) is 13.0 Å². The molecule has 0 spiro atoms. The molecule has 0 bridgehead atoms. The summed E-state index contributed by atoms with van der Waals surface area (Å²) >= 11 is 1.49. The van der Waals surface area contributed by atoms with Crippen LogP contribution in [0.15, 0.2) is 35.7 Å². The van der Waals surface area contributed by atoms with Crippen molar-refractivity contribution in [2.75, 3.05) is 0 Å². The lowest BCUT2D eigenvalue weighted by atomic mass is 10.2. The normalized spacial score (nSPS) is 10.3. The lowest BCUT2D eigenvalue weighted by molar-refractivity contribution is -0.120. The minimum Gasteiger partial charge on any atom is -0.352 e. The molecule has 1 aromatic heterocycles. The maximum absolute atomic E-state index is 13.3. The van der Waals surface area contributed by atoms with Gasteiger partial charge in [0.05, 0.1) is 6.42 Å². The summed E-state index contributed by atoms with van der Waals surface area (Å²) in [7, 11) is 0. The average molecular weight is 267 g/mol. The Morgan fingerprint density at radius 1 is 1.28 bits per heavy atom. The molecule has 0 aliphatic heterocycles. The first kappa shape index (κ1) is 12.7. The summed E-state index contributed by atoms with van der Waals surface area (Å²) in [5.74, 6) is -1.45. The van der Waals surface area contributed by atoms with E-state index in [4.69, 9.17) is 0 Å². The van der Waals surface area contributed by atoms with Gasteiger partial charge in [-0.2, -0.15) is 0 Å². The third-order valence-electron chi connectivity index (χ3n) is 2.41. The van der Waals surface area contributed by atoms with Crippen LogP contribution in [0, 0.1) is 11.6 Å². The predicted octanol–water partition coefficient (Wildman–Crippen LogP) is 2.89. The molecule has 0 unspecified atom stereocenters. The summed E-state index contributed by atoms with van der Waals surface area (Å²) in [4.78, 5) is 12.5. The number of hydrogen-bond acceptors (Lipinski definition) is 2. The number of carbonyl (C=O) groups is 1. The van der Waals surface area contributed by atoms with E-state index in [0.717, 1.165) is 10.9 Å². The number of halogens is 2. The number of hydrogen-bond donors (Lipinski definition) is 1. The van der Waals surface area contributed by atoms with Crippen LogP contribution in [0.4, 0.5) is 8.78 Å². The van der Waals surface area contributed by atoms with Crippen LogP contribution in [0.25, 0.3) is 0 Å². The smallest absolute Gasteiger partial charge is 0.225 e. The molecule has 2 nitrogen and oxygen atoms in total. The lowest BCUT2D eigenvalue weighted by Gasteiger charge is -2.05. The first-order valence-electron chi connectivity index (χ1n) is 5.38. The summed E-state index contributed by atoms with van der Waals surface area (Å²) < 4.78 is 26.0. The summed E-state index contributed by atoms with van der Waals surface area (Å²) in [5.41, 5.74) is 0.274. The van der Waals surface area contributed by atoms with Crippen LogP contribution >= 0.6 is 11.3 Å². The fraction of sp³-hybridized carbons (Fsp3) is 0.154. The Kier molecular flexibility index (Phi) is 4.04. The van der Waals surface area contributed by atoms with E-state index < -0.39 is 11.6 Å². The van der Waals surface area contributed by atoms with Gasteiger partial charge >= 0.3 is 0 Å². The summed E-state index contributed by atoms with van der Waals surface area (Å²) in [6.45, 7) is 0.0658. The van der Waals surface area contributed by atoms with Crippen LogP contribution in [0.5, 0.6) is 0 Å². The third-order valence-corrected chi connectivity index (χ3v) is 3.28. The van der Waals surface area contributed by atoms with Crippen molar-refractivity contribution in [3.63, 3.8) is 0 Å². The van der Waals surface area contributed by atoms with Gasteiger partial charge in [0.25, 0.3) is 0 Å². The van der Waals surface area contributed by atoms with Gasteiger partial charge in [-0.25, -0.2) is 8.78 Å². The second-order valence-electron chi connectivity index (χ2n) is 3.77. The molecule has 0 fully saturated rings. The molecule has 1 amide bonds. The molecule has 0 saturated heterocycles. The standard InChI is InChI=1S/C13H11F2NOS/c14-10-4-3-9(12(15)6-10)8-16-13(17)7-11-2-1-5-18-11/h1-6H,7-8H2,(H,16,17). The zero-order valence-electron chi connectivity index (χ0n) is 9.45. The molecule has 1 N–H and O–H groups in total. The van der Waals surface area contributed by atoms with E-state index in [1.165, 1.54) is 23.5 Å². The Balaban J connectivity index is 1.89. The highest BCUT2D eigenvalue weighted by Gasteiger charge is 2.07. The Morgan fingerprint density at radius 3 is 2.78 bits per heavy atom. The molecule has 5 heteroatoms. The number of carbonyl (C=O) groups excluding carboxylic acids is 1. The van der Waals surface area contributed by atoms with Crippen LogP contribution in [-0.2, 0) is 17.8 Å². The van der Waals surface area contributed by atoms with Crippen LogP contribution in [-0.4, -0.2) is 5.91 Å². The minimum absolute atomic E-state index is 0.0658. The predicted molar refractivity (Wildman–Crippen MR) is 66.2 cm³/mol. The highest BCUT2D eigenvalue weighted by Crippen LogP contribution is 2.11. The fourth-order valence-electron chi connectivity index (χ4n) is 1.49. The van der Waals surface area contributed by atoms with Gasteiger partial charge in [-0.3, -0.25) is 4.79 Å². The van der Waals surface area contributed by atoms with Gasteiger partial charge in [-0.15, -0.1) is 11.3 Å². The SMILES string of the molecule is O=C(Cc1cccs1)NCc1ccc(F)cc1F. The van der Waals surface area contributed by atoms with Gasteiger partial charge in [0.2, 0.25) is 5.91 Å². The molecule has 2 aromatic rings. The van der Waals surface area contributed by atoms with E-state index in [0.29, 0.717) is 0 Å². The number of nitrogens with one attached hydrogen (secondary N) is 1. The van der Waals surface area contributed by atoms with E-state index in [9.17, 15) is 13.6 Å². The van der Waals surface area contributed by atoms with Gasteiger partial charge in [0.1, 0.15) is 11.6 Å². The minimum atomic E-state index is -0.647. The molecule has 0 radical (unpaired) electrons. The zero-order chi connectivity index (χ0) is 13.0. The molecule has 0 aliphatic rings. The van der Waals surface area contributed by atoms with Gasteiger partial charge in [-0.1, -0.05) is 12.1 Å². The largest absolute Gasteiger partial charge is 0.352 e. The lowest BCUT2D eigenvalue weighted by Crippen LogP contribution is -2.24. The molecule has 1 aromatic carbocycles. The van der Waals surface area contributed by atoms with Gasteiger partial charge < -0.3 is 5.32 Å². The zero-order valence-corrected chi connectivity index (χ0v) is 10.3. The van der Waals surface area contributed by atoms with Crippen molar-refractivity contribution in [2.24, 2.45) is 0 Å². The number of rotatable bonds is 4. The molecule has 0 aliphatic carbocycles. The second kappa shape index (κ2) is 5.73. The van der Waals surface area contributed by atoms with Gasteiger partial charge in [0, 0.05) is 23.1 Å². The first-order valence-corrected chi connectivity index (χ1v) is 6.26. The highest BCUT2D eigenvalue weighted by molar-refractivity contribution is 7.10. The van der Waals surface area contributed by atoms with Crippen LogP contribution < -0.4 is 5.32 Å². The molecular weight excluding hydrogens is 256 g/mol. The Labute approximate surface area is 107 Å². The molecule has 18 heavy (non-hydrogen) atoms. The van der Waals surface area contributed by atoms with Crippen LogP contribution in [0.1, 0.15) is 10.4 Å². The number of benzene rings is 1. The maximum Gasteiger partial charge on any atom is 0.225 e. The molecular formula is C13H11F2NOS. The van der Waals surface area contributed by atoms with E-state index in [-0.39, 0.29) is 24.4 Å². The van der Waals surface area contributed by atoms with Gasteiger partial charge in [-0.05, 0) is 17.5 Å². The van der Waals surface area contributed by atoms with Crippen molar-refractivity contribution in [3.05, 3.63) is 57.8 Å². The first-order chi connectivity index (χ1) is 8.65. The third kappa shape index (κ3) is 3.37. The van der Waals surface area contributed by atoms with Crippen molar-refractivity contribution < 1.29 is 13.6 Å². The molecule has 1 heterocycles. The van der Waals surface area contributed by atoms with Crippen LogP contribution in [0.3, 0.4) is 0 Å². The van der Waals surface area contributed by atoms with Crippen molar-refractivity contribution in [1.82, 2.24) is 5.32 Å². The van der Waals surface area contributed by atoms with Crippen molar-refractivity contribution >= 4 is 17.2 Å². The summed E-state index contributed by atoms with van der Waals surface area (Å²) in [6.07, 6.45) is 0.278. The quantitative estimate of drug-likeness (QED) is 0.906. The van der Waals surface area contributed by atoms with Crippen LogP contribution in [0.2, 0.25) is 0 Å². The Bertz CT molecular complexity index is 540. The summed E-state index contributed by atoms with van der Waals surface area (Å²) in [5, 5.41) is 4.49. The molecule has 0 atom stereocenters. The topological polar surface area (TPSA) is 29.1 Å². The fourth-order valence-corrected chi connectivity index (χ4v) is 2.20. The van der Waals surface area contributed by atoms with E-state index >= 15 is 0 Å². The second-order valence-corrected chi connectivity index (χ2v) is 4.80. The number of thiophene rings is 1. The Morgan fingerprint density at radius 2 is 2.11 bits per heavy atom. The Hall–Kier alpha value is -1.75. The average Bonchev–Trinajstić information content (AvgIpc) is 2.80. The van der Waals surface area contributed by atoms with Gasteiger partial charge in [0.15, 0.2) is 0 Å². The number of amides is 1.